The summed E-state index contributed by atoms with van der Waals surface area (Å²) in [7, 11) is 0. The van der Waals surface area contributed by atoms with Crippen LogP contribution in [0.15, 0.2) is 34.7 Å². The molecule has 0 radical (unpaired) electrons. The predicted octanol–water partition coefficient (Wildman–Crippen LogP) is 3.18. The van der Waals surface area contributed by atoms with E-state index < -0.39 is 10.9 Å². The first-order chi connectivity index (χ1) is 12.6. The molecule has 1 aromatic carbocycles. The number of hydrogen-bond donors (Lipinski definition) is 1. The van der Waals surface area contributed by atoms with Crippen molar-refractivity contribution in [2.45, 2.75) is 35.0 Å². The molecule has 2 aromatic rings. The van der Waals surface area contributed by atoms with Gasteiger partial charge in [0.05, 0.1) is 0 Å². The van der Waals surface area contributed by atoms with Crippen LogP contribution in [0.4, 0.5) is 5.13 Å². The maximum absolute atomic E-state index is 12.9. The third kappa shape index (κ3) is 3.01. The molecule has 3 heterocycles. The molecule has 1 aromatic heterocycles. The molecule has 2 aliphatic rings. The quantitative estimate of drug-likeness (QED) is 0.607. The number of carbonyl (C=O) groups is 2. The van der Waals surface area contributed by atoms with E-state index in [9.17, 15) is 9.59 Å². The van der Waals surface area contributed by atoms with E-state index in [0.717, 1.165) is 22.1 Å². The zero-order valence-electron chi connectivity index (χ0n) is 14.2. The van der Waals surface area contributed by atoms with Crippen molar-refractivity contribution < 1.29 is 9.59 Å². The van der Waals surface area contributed by atoms with Crippen molar-refractivity contribution >= 4 is 51.8 Å². The van der Waals surface area contributed by atoms with E-state index >= 15 is 0 Å². The number of fused-ring (bicyclic) bond motifs is 1. The second kappa shape index (κ2) is 7.21. The van der Waals surface area contributed by atoms with Crippen molar-refractivity contribution in [1.29, 1.82) is 0 Å². The molecule has 4 rings (SSSR count). The minimum Gasteiger partial charge on any atom is -0.311 e. The van der Waals surface area contributed by atoms with Gasteiger partial charge < -0.3 is 4.90 Å². The van der Waals surface area contributed by atoms with E-state index in [-0.39, 0.29) is 11.8 Å². The van der Waals surface area contributed by atoms with Crippen molar-refractivity contribution in [3.05, 3.63) is 35.9 Å². The third-order valence-electron chi connectivity index (χ3n) is 4.56. The fourth-order valence-electron chi connectivity index (χ4n) is 3.47. The Kier molecular flexibility index (Phi) is 4.94. The summed E-state index contributed by atoms with van der Waals surface area (Å²) >= 11 is 4.64. The first kappa shape index (κ1) is 17.8. The molecule has 6 nitrogen and oxygen atoms in total. The lowest BCUT2D eigenvalue weighted by Gasteiger charge is -2.33. The number of aromatic nitrogens is 2. The van der Waals surface area contributed by atoms with Crippen LogP contribution < -0.4 is 5.32 Å². The number of anilines is 1. The normalized spacial score (nSPS) is 24.7. The minimum absolute atomic E-state index is 0.0403. The molecular weight excluding hydrogens is 388 g/mol. The Morgan fingerprint density at radius 3 is 2.96 bits per heavy atom. The van der Waals surface area contributed by atoms with E-state index in [1.165, 1.54) is 11.3 Å². The molecule has 0 bridgehead atoms. The molecule has 1 N–H and O–H groups in total. The number of rotatable bonds is 5. The van der Waals surface area contributed by atoms with Gasteiger partial charge in [-0.1, -0.05) is 60.4 Å². The lowest BCUT2D eigenvalue weighted by molar-refractivity contribution is -0.136. The molecule has 2 saturated heterocycles. The van der Waals surface area contributed by atoms with Gasteiger partial charge >= 0.3 is 0 Å². The summed E-state index contributed by atoms with van der Waals surface area (Å²) in [4.78, 5) is 26.8. The van der Waals surface area contributed by atoms with Gasteiger partial charge in [0.15, 0.2) is 4.34 Å². The summed E-state index contributed by atoms with van der Waals surface area (Å²) < 4.78 is 0.833. The van der Waals surface area contributed by atoms with E-state index in [1.807, 2.05) is 37.3 Å². The van der Waals surface area contributed by atoms with Gasteiger partial charge in [0.1, 0.15) is 10.9 Å². The van der Waals surface area contributed by atoms with Crippen LogP contribution in [0.25, 0.3) is 0 Å². The van der Waals surface area contributed by atoms with Crippen LogP contribution in [-0.2, 0) is 14.5 Å². The Balaban J connectivity index is 1.55. The van der Waals surface area contributed by atoms with E-state index in [4.69, 9.17) is 0 Å². The summed E-state index contributed by atoms with van der Waals surface area (Å²) in [5, 5.41) is 11.4. The molecule has 0 aliphatic carbocycles. The second-order valence-electron chi connectivity index (χ2n) is 6.04. The average Bonchev–Trinajstić information content (AvgIpc) is 3.33. The number of thioether (sulfide) groups is 2. The van der Waals surface area contributed by atoms with Gasteiger partial charge in [0, 0.05) is 12.2 Å². The van der Waals surface area contributed by atoms with Gasteiger partial charge in [0.25, 0.3) is 0 Å². The second-order valence-corrected chi connectivity index (χ2v) is 9.82. The van der Waals surface area contributed by atoms with Crippen LogP contribution in [0.3, 0.4) is 0 Å². The molecule has 0 unspecified atom stereocenters. The molecule has 2 fully saturated rings. The Labute approximate surface area is 164 Å². The van der Waals surface area contributed by atoms with Gasteiger partial charge in [-0.05, 0) is 17.7 Å². The van der Waals surface area contributed by atoms with Crippen LogP contribution in [0.1, 0.15) is 25.3 Å². The van der Waals surface area contributed by atoms with Gasteiger partial charge in [-0.25, -0.2) is 0 Å². The van der Waals surface area contributed by atoms with Crippen molar-refractivity contribution in [3.8, 4) is 0 Å². The number of nitrogens with zero attached hydrogens (tertiary/aromatic N) is 3. The maximum atomic E-state index is 12.9. The predicted molar refractivity (Wildman–Crippen MR) is 105 cm³/mol. The number of hydrogen-bond acceptors (Lipinski definition) is 7. The number of carbonyl (C=O) groups excluding carboxylic acids is 2. The first-order valence-electron chi connectivity index (χ1n) is 8.43. The van der Waals surface area contributed by atoms with Crippen LogP contribution in [0.2, 0.25) is 0 Å². The Hall–Kier alpha value is -1.58. The van der Waals surface area contributed by atoms with E-state index in [1.54, 1.807) is 28.4 Å². The molecule has 2 amide bonds. The van der Waals surface area contributed by atoms with Crippen molar-refractivity contribution in [2.75, 3.05) is 16.8 Å². The number of nitrogens with one attached hydrogen (secondary N) is 1. The number of benzene rings is 1. The highest BCUT2D eigenvalue weighted by Gasteiger charge is 2.56. The van der Waals surface area contributed by atoms with Gasteiger partial charge in [-0.15, -0.1) is 22.0 Å². The topological polar surface area (TPSA) is 75.2 Å². The molecule has 0 spiro atoms. The highest BCUT2D eigenvalue weighted by molar-refractivity contribution is 8.01. The highest BCUT2D eigenvalue weighted by atomic mass is 32.2. The monoisotopic (exact) mass is 406 g/mol. The maximum Gasteiger partial charge on any atom is 0.249 e. The highest BCUT2D eigenvalue weighted by Crippen LogP contribution is 2.54. The summed E-state index contributed by atoms with van der Waals surface area (Å²) in [6, 6.07) is 9.52. The molecular formula is C17H18N4O2S3. The van der Waals surface area contributed by atoms with Crippen LogP contribution in [0.5, 0.6) is 0 Å². The van der Waals surface area contributed by atoms with Crippen LogP contribution in [-0.4, -0.2) is 44.5 Å². The summed E-state index contributed by atoms with van der Waals surface area (Å²) in [5.41, 5.74) is 1.09. The minimum atomic E-state index is -0.485. The summed E-state index contributed by atoms with van der Waals surface area (Å²) in [6.45, 7) is 2.04. The Morgan fingerprint density at radius 1 is 1.38 bits per heavy atom. The zero-order chi connectivity index (χ0) is 18.1. The molecule has 0 saturated carbocycles. The third-order valence-corrected chi connectivity index (χ3v) is 8.01. The fourth-order valence-corrected chi connectivity index (χ4v) is 6.77. The number of amides is 2. The largest absolute Gasteiger partial charge is 0.311 e. The van der Waals surface area contributed by atoms with Crippen molar-refractivity contribution in [3.63, 3.8) is 0 Å². The molecule has 26 heavy (non-hydrogen) atoms. The van der Waals surface area contributed by atoms with E-state index in [0.29, 0.717) is 17.3 Å². The molecule has 2 atom stereocenters. The fraction of sp³-hybridized carbons (Fsp3) is 0.412. The first-order valence-corrected chi connectivity index (χ1v) is 11.2. The molecule has 136 valence electrons. The summed E-state index contributed by atoms with van der Waals surface area (Å²) in [6.07, 6.45) is 1.21. The smallest absolute Gasteiger partial charge is 0.249 e. The Morgan fingerprint density at radius 2 is 2.19 bits per heavy atom. The van der Waals surface area contributed by atoms with Crippen LogP contribution in [0, 0.1) is 0 Å². The zero-order valence-corrected chi connectivity index (χ0v) is 16.6. The van der Waals surface area contributed by atoms with Gasteiger partial charge in [-0.2, -0.15) is 0 Å². The average molecular weight is 407 g/mol. The summed E-state index contributed by atoms with van der Waals surface area (Å²) in [5.74, 6) is 1.35. The lowest BCUT2D eigenvalue weighted by atomic mass is 10.0. The van der Waals surface area contributed by atoms with Gasteiger partial charge in [-0.3, -0.25) is 14.9 Å². The SMILES string of the molecule is CCSc1nnc(NC(=O)[C@@H]2CS[C@@]3(c4ccccc4)CCC(=O)N23)s1. The van der Waals surface area contributed by atoms with Crippen LogP contribution >= 0.6 is 34.9 Å². The standard InChI is InChI=1S/C17H18N4O2S3/c1-2-24-16-20-19-15(26-16)18-14(23)12-10-25-17(9-8-13(22)21(12)17)11-6-4-3-5-7-11/h3-7,12H,2,8-10H2,1H3,(H,18,19,23)/t12-,17+/m0/s1. The Bertz CT molecular complexity index is 828. The van der Waals surface area contributed by atoms with Crippen molar-refractivity contribution in [2.24, 2.45) is 0 Å². The van der Waals surface area contributed by atoms with Gasteiger partial charge in [0.2, 0.25) is 16.9 Å². The van der Waals surface area contributed by atoms with E-state index in [2.05, 4.69) is 15.5 Å². The van der Waals surface area contributed by atoms with Crippen molar-refractivity contribution in [1.82, 2.24) is 15.1 Å². The molecule has 2 aliphatic heterocycles. The molecule has 9 heteroatoms. The lowest BCUT2D eigenvalue weighted by Crippen LogP contribution is -2.48.